The molecule has 0 spiro atoms. The molecular formula is C12H18ClNOS. The molecular weight excluding hydrogens is 242 g/mol. The third-order valence-corrected chi connectivity index (χ3v) is 2.88. The minimum absolute atomic E-state index is 0.754. The molecule has 1 rings (SSSR count). The molecule has 1 aromatic carbocycles. The smallest absolute Gasteiger partial charge is 0.126 e. The third-order valence-electron chi connectivity index (χ3n) is 2.35. The van der Waals surface area contributed by atoms with Gasteiger partial charge in [0, 0.05) is 17.1 Å². The molecule has 0 aliphatic rings. The van der Waals surface area contributed by atoms with Crippen LogP contribution >= 0.6 is 24.2 Å². The highest BCUT2D eigenvalue weighted by Crippen LogP contribution is 2.27. The lowest BCUT2D eigenvalue weighted by Gasteiger charge is -2.12. The molecule has 2 nitrogen and oxygen atoms in total. The summed E-state index contributed by atoms with van der Waals surface area (Å²) in [5, 5.41) is 4.10. The first-order valence-electron chi connectivity index (χ1n) is 5.33. The molecule has 0 atom stereocenters. The van der Waals surface area contributed by atoms with Crippen molar-refractivity contribution in [3.05, 3.63) is 28.3 Å². The molecule has 0 saturated heterocycles. The summed E-state index contributed by atoms with van der Waals surface area (Å²) in [5.74, 6) is 1.82. The van der Waals surface area contributed by atoms with E-state index in [1.54, 1.807) is 7.11 Å². The molecule has 0 bridgehead atoms. The van der Waals surface area contributed by atoms with Crippen molar-refractivity contribution < 1.29 is 4.74 Å². The first-order valence-corrected chi connectivity index (χ1v) is 6.34. The summed E-state index contributed by atoms with van der Waals surface area (Å²) in [5.41, 5.74) is 2.17. The van der Waals surface area contributed by atoms with Gasteiger partial charge in [-0.15, -0.1) is 0 Å². The summed E-state index contributed by atoms with van der Waals surface area (Å²) < 4.78 is 5.37. The molecule has 4 heteroatoms. The number of thiol groups is 1. The Morgan fingerprint density at radius 2 is 2.19 bits per heavy atom. The first-order chi connectivity index (χ1) is 7.69. The Morgan fingerprint density at radius 1 is 1.44 bits per heavy atom. The predicted molar refractivity (Wildman–Crippen MR) is 72.9 cm³/mol. The van der Waals surface area contributed by atoms with Crippen molar-refractivity contribution in [3.8, 4) is 5.75 Å². The molecule has 90 valence electrons. The van der Waals surface area contributed by atoms with Crippen molar-refractivity contribution >= 4 is 24.2 Å². The van der Waals surface area contributed by atoms with Crippen LogP contribution in [0.3, 0.4) is 0 Å². The summed E-state index contributed by atoms with van der Waals surface area (Å²) >= 11 is 10.2. The lowest BCUT2D eigenvalue weighted by Crippen LogP contribution is -2.15. The van der Waals surface area contributed by atoms with Gasteiger partial charge < -0.3 is 10.1 Å². The van der Waals surface area contributed by atoms with Gasteiger partial charge in [0.05, 0.1) is 7.11 Å². The van der Waals surface area contributed by atoms with Crippen LogP contribution in [0.15, 0.2) is 12.1 Å². The van der Waals surface area contributed by atoms with E-state index in [4.69, 9.17) is 16.3 Å². The Labute approximate surface area is 108 Å². The van der Waals surface area contributed by atoms with Crippen molar-refractivity contribution in [3.63, 3.8) is 0 Å². The van der Waals surface area contributed by atoms with Crippen LogP contribution in [0.1, 0.15) is 17.5 Å². The van der Waals surface area contributed by atoms with Crippen molar-refractivity contribution in [2.45, 2.75) is 19.9 Å². The van der Waals surface area contributed by atoms with E-state index in [0.29, 0.717) is 0 Å². The highest BCUT2D eigenvalue weighted by atomic mass is 35.5. The molecule has 0 fully saturated rings. The first kappa shape index (κ1) is 13.7. The van der Waals surface area contributed by atoms with Crippen LogP contribution in [0.2, 0.25) is 5.02 Å². The Bertz CT molecular complexity index is 344. The van der Waals surface area contributed by atoms with Gasteiger partial charge in [0.15, 0.2) is 0 Å². The fraction of sp³-hybridized carbons (Fsp3) is 0.500. The number of rotatable bonds is 6. The highest BCUT2D eigenvalue weighted by molar-refractivity contribution is 7.80. The number of ether oxygens (including phenoxy) is 1. The van der Waals surface area contributed by atoms with Crippen LogP contribution < -0.4 is 10.1 Å². The predicted octanol–water partition coefficient (Wildman–Crippen LogP) is 3.07. The molecule has 1 N–H and O–H groups in total. The molecule has 0 aromatic heterocycles. The second kappa shape index (κ2) is 7.05. The fourth-order valence-electron chi connectivity index (χ4n) is 1.65. The average Bonchev–Trinajstić information content (AvgIpc) is 2.24. The SMILES string of the molecule is COc1c(C)cc(Cl)cc1CNCCCS. The lowest BCUT2D eigenvalue weighted by molar-refractivity contribution is 0.404. The molecule has 0 aliphatic heterocycles. The van der Waals surface area contributed by atoms with Gasteiger partial charge in [0.2, 0.25) is 0 Å². The summed E-state index contributed by atoms with van der Waals surface area (Å²) in [6.07, 6.45) is 1.06. The Kier molecular flexibility index (Phi) is 6.03. The van der Waals surface area contributed by atoms with Gasteiger partial charge in [-0.2, -0.15) is 12.6 Å². The zero-order valence-electron chi connectivity index (χ0n) is 9.72. The van der Waals surface area contributed by atoms with Gasteiger partial charge >= 0.3 is 0 Å². The van der Waals surface area contributed by atoms with Gasteiger partial charge in [-0.05, 0) is 43.3 Å². The van der Waals surface area contributed by atoms with E-state index in [2.05, 4.69) is 17.9 Å². The summed E-state index contributed by atoms with van der Waals surface area (Å²) in [4.78, 5) is 0. The number of benzene rings is 1. The maximum atomic E-state index is 6.02. The van der Waals surface area contributed by atoms with Crippen LogP contribution in [0.4, 0.5) is 0 Å². The van der Waals surface area contributed by atoms with Crippen LogP contribution in [0, 0.1) is 6.92 Å². The number of hydrogen-bond donors (Lipinski definition) is 2. The average molecular weight is 260 g/mol. The topological polar surface area (TPSA) is 21.3 Å². The standard InChI is InChI=1S/C12H18ClNOS/c1-9-6-11(13)7-10(12(9)15-2)8-14-4-3-5-16/h6-7,14,16H,3-5,8H2,1-2H3. The van der Waals surface area contributed by atoms with E-state index >= 15 is 0 Å². The second-order valence-electron chi connectivity index (χ2n) is 3.67. The lowest BCUT2D eigenvalue weighted by atomic mass is 10.1. The van der Waals surface area contributed by atoms with Crippen molar-refractivity contribution in [2.75, 3.05) is 19.4 Å². The van der Waals surface area contributed by atoms with E-state index in [1.165, 1.54) is 0 Å². The second-order valence-corrected chi connectivity index (χ2v) is 4.55. The van der Waals surface area contributed by atoms with Crippen molar-refractivity contribution in [1.29, 1.82) is 0 Å². The Balaban J connectivity index is 2.69. The van der Waals surface area contributed by atoms with Crippen LogP contribution in [-0.2, 0) is 6.54 Å². The van der Waals surface area contributed by atoms with Gasteiger partial charge in [-0.25, -0.2) is 0 Å². The van der Waals surface area contributed by atoms with Gasteiger partial charge in [-0.3, -0.25) is 0 Å². The van der Waals surface area contributed by atoms with E-state index in [0.717, 1.165) is 47.2 Å². The van der Waals surface area contributed by atoms with Crippen LogP contribution in [0.25, 0.3) is 0 Å². The minimum Gasteiger partial charge on any atom is -0.496 e. The number of aryl methyl sites for hydroxylation is 1. The molecule has 0 aliphatic carbocycles. The van der Waals surface area contributed by atoms with Crippen molar-refractivity contribution in [1.82, 2.24) is 5.32 Å². The van der Waals surface area contributed by atoms with E-state index in [9.17, 15) is 0 Å². The summed E-state index contributed by atoms with van der Waals surface area (Å²) in [6, 6.07) is 3.86. The maximum Gasteiger partial charge on any atom is 0.126 e. The summed E-state index contributed by atoms with van der Waals surface area (Å²) in [7, 11) is 1.69. The monoisotopic (exact) mass is 259 g/mol. The molecule has 16 heavy (non-hydrogen) atoms. The molecule has 0 heterocycles. The summed E-state index contributed by atoms with van der Waals surface area (Å²) in [6.45, 7) is 3.73. The van der Waals surface area contributed by atoms with Crippen LogP contribution in [0.5, 0.6) is 5.75 Å². The van der Waals surface area contributed by atoms with Gasteiger partial charge in [0.1, 0.15) is 5.75 Å². The Morgan fingerprint density at radius 3 is 2.81 bits per heavy atom. The van der Waals surface area contributed by atoms with Gasteiger partial charge in [-0.1, -0.05) is 11.6 Å². The quantitative estimate of drug-likeness (QED) is 0.605. The fourth-order valence-corrected chi connectivity index (χ4v) is 2.10. The van der Waals surface area contributed by atoms with E-state index in [1.807, 2.05) is 19.1 Å². The molecule has 0 amide bonds. The number of nitrogens with one attached hydrogen (secondary N) is 1. The zero-order chi connectivity index (χ0) is 12.0. The molecule has 0 radical (unpaired) electrons. The largest absolute Gasteiger partial charge is 0.496 e. The molecule has 0 saturated carbocycles. The normalized spacial score (nSPS) is 10.5. The number of halogens is 1. The highest BCUT2D eigenvalue weighted by Gasteiger charge is 2.07. The third kappa shape index (κ3) is 3.89. The number of methoxy groups -OCH3 is 1. The van der Waals surface area contributed by atoms with E-state index < -0.39 is 0 Å². The molecule has 0 unspecified atom stereocenters. The maximum absolute atomic E-state index is 6.02. The number of hydrogen-bond acceptors (Lipinski definition) is 3. The molecule has 1 aromatic rings. The van der Waals surface area contributed by atoms with Crippen LogP contribution in [-0.4, -0.2) is 19.4 Å². The minimum atomic E-state index is 0.754. The van der Waals surface area contributed by atoms with Gasteiger partial charge in [0.25, 0.3) is 0 Å². The Hall–Kier alpha value is -0.380. The van der Waals surface area contributed by atoms with E-state index in [-0.39, 0.29) is 0 Å². The zero-order valence-corrected chi connectivity index (χ0v) is 11.4. The van der Waals surface area contributed by atoms with Crippen molar-refractivity contribution in [2.24, 2.45) is 0 Å².